The standard InChI is InChI=1S/C11H14N4/c1-15-11(4-7-14-15)9-3-6-13-10(8-9)2-5-12/h3-4,6-8H,2,5,12H2,1H3. The maximum Gasteiger partial charge on any atom is 0.0680 e. The van der Waals surface area contributed by atoms with Crippen molar-refractivity contribution in [3.63, 3.8) is 0 Å². The highest BCUT2D eigenvalue weighted by atomic mass is 15.3. The molecule has 15 heavy (non-hydrogen) atoms. The molecule has 0 aliphatic carbocycles. The van der Waals surface area contributed by atoms with Crippen molar-refractivity contribution in [3.05, 3.63) is 36.3 Å². The Morgan fingerprint density at radius 3 is 2.87 bits per heavy atom. The number of nitrogens with zero attached hydrogens (tertiary/aromatic N) is 3. The van der Waals surface area contributed by atoms with E-state index in [0.717, 1.165) is 23.4 Å². The molecule has 0 radical (unpaired) electrons. The lowest BCUT2D eigenvalue weighted by Gasteiger charge is -2.04. The van der Waals surface area contributed by atoms with E-state index in [9.17, 15) is 0 Å². The molecule has 0 saturated heterocycles. The van der Waals surface area contributed by atoms with Crippen LogP contribution in [-0.4, -0.2) is 21.3 Å². The third-order valence-electron chi connectivity index (χ3n) is 2.33. The maximum atomic E-state index is 5.50. The molecule has 2 heterocycles. The van der Waals surface area contributed by atoms with Gasteiger partial charge in [0.25, 0.3) is 0 Å². The fourth-order valence-corrected chi connectivity index (χ4v) is 1.58. The van der Waals surface area contributed by atoms with Gasteiger partial charge in [-0.1, -0.05) is 0 Å². The lowest BCUT2D eigenvalue weighted by molar-refractivity contribution is 0.775. The number of nitrogens with two attached hydrogens (primary N) is 1. The third kappa shape index (κ3) is 2.05. The van der Waals surface area contributed by atoms with Gasteiger partial charge >= 0.3 is 0 Å². The highest BCUT2D eigenvalue weighted by Gasteiger charge is 2.03. The molecule has 0 bridgehead atoms. The number of aromatic nitrogens is 3. The second-order valence-corrected chi connectivity index (χ2v) is 3.41. The van der Waals surface area contributed by atoms with Gasteiger partial charge in [0.1, 0.15) is 0 Å². The Bertz CT molecular complexity index is 447. The summed E-state index contributed by atoms with van der Waals surface area (Å²) in [4.78, 5) is 4.26. The molecule has 2 aromatic heterocycles. The van der Waals surface area contributed by atoms with Gasteiger partial charge in [-0.15, -0.1) is 0 Å². The van der Waals surface area contributed by atoms with E-state index >= 15 is 0 Å². The van der Waals surface area contributed by atoms with E-state index in [-0.39, 0.29) is 0 Å². The molecular weight excluding hydrogens is 188 g/mol. The Morgan fingerprint density at radius 2 is 2.20 bits per heavy atom. The number of hydrogen-bond donors (Lipinski definition) is 1. The number of pyridine rings is 1. The SMILES string of the molecule is Cn1nccc1-c1ccnc(CCN)c1. The van der Waals surface area contributed by atoms with E-state index < -0.39 is 0 Å². The van der Waals surface area contributed by atoms with E-state index in [4.69, 9.17) is 5.73 Å². The Balaban J connectivity index is 2.37. The predicted octanol–water partition coefficient (Wildman–Crippen LogP) is 0.983. The van der Waals surface area contributed by atoms with Crippen molar-refractivity contribution < 1.29 is 0 Å². The van der Waals surface area contributed by atoms with Crippen LogP contribution in [0.1, 0.15) is 5.69 Å². The zero-order valence-corrected chi connectivity index (χ0v) is 8.72. The average Bonchev–Trinajstić information content (AvgIpc) is 2.65. The van der Waals surface area contributed by atoms with Crippen LogP contribution in [0.25, 0.3) is 11.3 Å². The van der Waals surface area contributed by atoms with Crippen LogP contribution >= 0.6 is 0 Å². The van der Waals surface area contributed by atoms with Crippen LogP contribution < -0.4 is 5.73 Å². The second kappa shape index (κ2) is 4.23. The first-order chi connectivity index (χ1) is 7.31. The van der Waals surface area contributed by atoms with Gasteiger partial charge in [-0.3, -0.25) is 9.67 Å². The average molecular weight is 202 g/mol. The fraction of sp³-hybridized carbons (Fsp3) is 0.273. The highest BCUT2D eigenvalue weighted by molar-refractivity contribution is 5.59. The van der Waals surface area contributed by atoms with E-state index in [1.807, 2.05) is 30.1 Å². The lowest BCUT2D eigenvalue weighted by Crippen LogP contribution is -2.04. The molecule has 2 aromatic rings. The van der Waals surface area contributed by atoms with Crippen molar-refractivity contribution in [1.82, 2.24) is 14.8 Å². The minimum atomic E-state index is 0.627. The molecule has 0 atom stereocenters. The molecule has 4 heteroatoms. The van der Waals surface area contributed by atoms with Crippen molar-refractivity contribution >= 4 is 0 Å². The van der Waals surface area contributed by atoms with Gasteiger partial charge in [-0.25, -0.2) is 0 Å². The van der Waals surface area contributed by atoms with Crippen LogP contribution in [0.15, 0.2) is 30.6 Å². The molecule has 78 valence electrons. The van der Waals surface area contributed by atoms with E-state index in [2.05, 4.69) is 16.1 Å². The minimum absolute atomic E-state index is 0.627. The lowest BCUT2D eigenvalue weighted by atomic mass is 10.1. The molecule has 0 saturated carbocycles. The topological polar surface area (TPSA) is 56.7 Å². The van der Waals surface area contributed by atoms with Gasteiger partial charge in [0.15, 0.2) is 0 Å². The molecule has 2 rings (SSSR count). The van der Waals surface area contributed by atoms with E-state index in [1.165, 1.54) is 0 Å². The molecule has 4 nitrogen and oxygen atoms in total. The summed E-state index contributed by atoms with van der Waals surface area (Å²) in [7, 11) is 1.93. The monoisotopic (exact) mass is 202 g/mol. The Kier molecular flexibility index (Phi) is 2.78. The normalized spacial score (nSPS) is 10.5. The Labute approximate surface area is 88.8 Å². The Morgan fingerprint density at radius 1 is 1.33 bits per heavy atom. The quantitative estimate of drug-likeness (QED) is 0.807. The molecule has 0 unspecified atom stereocenters. The van der Waals surface area contributed by atoms with Gasteiger partial charge in [-0.2, -0.15) is 5.10 Å². The van der Waals surface area contributed by atoms with Crippen molar-refractivity contribution in [2.45, 2.75) is 6.42 Å². The summed E-state index contributed by atoms with van der Waals surface area (Å²) in [5, 5.41) is 4.14. The molecule has 0 spiro atoms. The summed E-state index contributed by atoms with van der Waals surface area (Å²) >= 11 is 0. The van der Waals surface area contributed by atoms with Gasteiger partial charge < -0.3 is 5.73 Å². The Hall–Kier alpha value is -1.68. The predicted molar refractivity (Wildman–Crippen MR) is 59.2 cm³/mol. The fourth-order valence-electron chi connectivity index (χ4n) is 1.58. The smallest absolute Gasteiger partial charge is 0.0680 e. The van der Waals surface area contributed by atoms with E-state index in [0.29, 0.717) is 6.54 Å². The molecule has 0 aliphatic rings. The largest absolute Gasteiger partial charge is 0.330 e. The second-order valence-electron chi connectivity index (χ2n) is 3.41. The van der Waals surface area contributed by atoms with Gasteiger partial charge in [-0.05, 0) is 24.7 Å². The minimum Gasteiger partial charge on any atom is -0.330 e. The van der Waals surface area contributed by atoms with E-state index in [1.54, 1.807) is 6.20 Å². The molecule has 0 aliphatic heterocycles. The molecule has 0 amide bonds. The van der Waals surface area contributed by atoms with Gasteiger partial charge in [0.05, 0.1) is 5.69 Å². The first-order valence-electron chi connectivity index (χ1n) is 4.94. The summed E-state index contributed by atoms with van der Waals surface area (Å²) in [6, 6.07) is 6.03. The summed E-state index contributed by atoms with van der Waals surface area (Å²) < 4.78 is 1.85. The zero-order chi connectivity index (χ0) is 10.7. The van der Waals surface area contributed by atoms with Crippen LogP contribution in [0.5, 0.6) is 0 Å². The molecular formula is C11H14N4. The molecule has 2 N–H and O–H groups in total. The molecule has 0 aromatic carbocycles. The van der Waals surface area contributed by atoms with Crippen molar-refractivity contribution in [3.8, 4) is 11.3 Å². The van der Waals surface area contributed by atoms with Gasteiger partial charge in [0, 0.05) is 37.1 Å². The van der Waals surface area contributed by atoms with Crippen molar-refractivity contribution in [2.75, 3.05) is 6.54 Å². The summed E-state index contributed by atoms with van der Waals surface area (Å²) in [5.74, 6) is 0. The van der Waals surface area contributed by atoms with Crippen LogP contribution in [0, 0.1) is 0 Å². The maximum absolute atomic E-state index is 5.50. The van der Waals surface area contributed by atoms with Gasteiger partial charge in [0.2, 0.25) is 0 Å². The zero-order valence-electron chi connectivity index (χ0n) is 8.72. The highest BCUT2D eigenvalue weighted by Crippen LogP contribution is 2.17. The third-order valence-corrected chi connectivity index (χ3v) is 2.33. The van der Waals surface area contributed by atoms with Crippen LogP contribution in [0.2, 0.25) is 0 Å². The first-order valence-corrected chi connectivity index (χ1v) is 4.94. The van der Waals surface area contributed by atoms with Crippen LogP contribution in [-0.2, 0) is 13.5 Å². The first kappa shape index (κ1) is 9.86. The van der Waals surface area contributed by atoms with Crippen molar-refractivity contribution in [2.24, 2.45) is 12.8 Å². The summed E-state index contributed by atoms with van der Waals surface area (Å²) in [6.45, 7) is 0.627. The number of rotatable bonds is 3. The number of aryl methyl sites for hydroxylation is 1. The summed E-state index contributed by atoms with van der Waals surface area (Å²) in [5.41, 5.74) is 8.75. The van der Waals surface area contributed by atoms with Crippen LogP contribution in [0.4, 0.5) is 0 Å². The summed E-state index contributed by atoms with van der Waals surface area (Å²) in [6.07, 6.45) is 4.41. The van der Waals surface area contributed by atoms with Crippen molar-refractivity contribution in [1.29, 1.82) is 0 Å². The molecule has 0 fully saturated rings. The van der Waals surface area contributed by atoms with Crippen LogP contribution in [0.3, 0.4) is 0 Å². The number of hydrogen-bond acceptors (Lipinski definition) is 3.